The molecule has 7 heteroatoms. The van der Waals surface area contributed by atoms with Crippen LogP contribution in [0.3, 0.4) is 0 Å². The quantitative estimate of drug-likeness (QED) is 0.406. The van der Waals surface area contributed by atoms with Gasteiger partial charge in [-0.1, -0.05) is 41.4 Å². The first-order valence-corrected chi connectivity index (χ1v) is 12.4. The van der Waals surface area contributed by atoms with Crippen molar-refractivity contribution in [1.82, 2.24) is 14.7 Å². The molecule has 1 atom stereocenters. The number of likely N-dealkylation sites (tertiary alicyclic amines) is 1. The molecule has 1 fully saturated rings. The van der Waals surface area contributed by atoms with Crippen LogP contribution in [0.15, 0.2) is 42.5 Å². The molecule has 2 aromatic carbocycles. The molecule has 1 heterocycles. The van der Waals surface area contributed by atoms with Gasteiger partial charge in [0.25, 0.3) is 0 Å². The minimum Gasteiger partial charge on any atom is -0.494 e. The maximum absolute atomic E-state index is 13.2. The highest BCUT2D eigenvalue weighted by atomic mass is 35.5. The molecule has 0 aliphatic carbocycles. The summed E-state index contributed by atoms with van der Waals surface area (Å²) in [4.78, 5) is 19.7. The van der Waals surface area contributed by atoms with E-state index in [1.54, 1.807) is 12.1 Å². The zero-order valence-electron chi connectivity index (χ0n) is 19.9. The minimum absolute atomic E-state index is 0.0267. The van der Waals surface area contributed by atoms with Crippen molar-refractivity contribution in [2.24, 2.45) is 0 Å². The molecule has 0 saturated carbocycles. The second-order valence-corrected chi connectivity index (χ2v) is 9.84. The van der Waals surface area contributed by atoms with E-state index < -0.39 is 0 Å². The topological polar surface area (TPSA) is 36.0 Å². The number of carbonyl (C=O) groups excluding carboxylic acids is 1. The van der Waals surface area contributed by atoms with E-state index in [4.69, 9.17) is 27.9 Å². The van der Waals surface area contributed by atoms with Gasteiger partial charge in [0.05, 0.1) is 29.1 Å². The van der Waals surface area contributed by atoms with Gasteiger partial charge in [0, 0.05) is 20.1 Å². The molecule has 0 N–H and O–H groups in total. The van der Waals surface area contributed by atoms with Crippen molar-refractivity contribution < 1.29 is 9.53 Å². The van der Waals surface area contributed by atoms with Crippen LogP contribution >= 0.6 is 23.2 Å². The lowest BCUT2D eigenvalue weighted by atomic mass is 10.0. The lowest BCUT2D eigenvalue weighted by Crippen LogP contribution is -2.39. The number of amides is 1. The average molecular weight is 492 g/mol. The zero-order chi connectivity index (χ0) is 23.8. The summed E-state index contributed by atoms with van der Waals surface area (Å²) in [5.74, 6) is 0.920. The molecule has 2 aromatic rings. The minimum atomic E-state index is -0.0267. The van der Waals surface area contributed by atoms with E-state index in [0.29, 0.717) is 16.7 Å². The third kappa shape index (κ3) is 7.89. The van der Waals surface area contributed by atoms with Crippen LogP contribution in [0.1, 0.15) is 36.4 Å². The largest absolute Gasteiger partial charge is 0.494 e. The fraction of sp³-hybridized carbons (Fsp3) is 0.500. The van der Waals surface area contributed by atoms with Crippen LogP contribution in [-0.4, -0.2) is 74.5 Å². The number of nitrogens with zero attached hydrogens (tertiary/aromatic N) is 3. The summed E-state index contributed by atoms with van der Waals surface area (Å²) in [7, 11) is 6.02. The van der Waals surface area contributed by atoms with Gasteiger partial charge in [-0.25, -0.2) is 0 Å². The standard InChI is InChI=1S/C26H35Cl2N3O2/c1-29(2)13-6-16-33-22-10-8-21(9-11-22)25(19-31-14-4-5-15-31)30(3)26(32)18-20-7-12-23(27)24(28)17-20/h7-12,17,25H,4-6,13-16,18-19H2,1-3H3. The molecule has 0 aromatic heterocycles. The van der Waals surface area contributed by atoms with E-state index in [1.807, 2.05) is 30.1 Å². The van der Waals surface area contributed by atoms with Crippen molar-refractivity contribution in [3.63, 3.8) is 0 Å². The van der Waals surface area contributed by atoms with E-state index in [9.17, 15) is 4.79 Å². The highest BCUT2D eigenvalue weighted by molar-refractivity contribution is 6.42. The molecule has 3 rings (SSSR count). The molecule has 5 nitrogen and oxygen atoms in total. The Morgan fingerprint density at radius 2 is 1.73 bits per heavy atom. The predicted molar refractivity (Wildman–Crippen MR) is 136 cm³/mol. The number of rotatable bonds is 11. The number of halogens is 2. The number of hydrogen-bond acceptors (Lipinski definition) is 4. The number of benzene rings is 2. The van der Waals surface area contributed by atoms with E-state index in [2.05, 4.69) is 36.0 Å². The highest BCUT2D eigenvalue weighted by Gasteiger charge is 2.26. The Morgan fingerprint density at radius 3 is 2.36 bits per heavy atom. The second-order valence-electron chi connectivity index (χ2n) is 9.03. The van der Waals surface area contributed by atoms with E-state index >= 15 is 0 Å². The van der Waals surface area contributed by atoms with Crippen molar-refractivity contribution in [1.29, 1.82) is 0 Å². The number of hydrogen-bond donors (Lipinski definition) is 0. The average Bonchev–Trinajstić information content (AvgIpc) is 3.31. The Morgan fingerprint density at radius 1 is 1.03 bits per heavy atom. The van der Waals surface area contributed by atoms with Crippen molar-refractivity contribution in [3.8, 4) is 5.75 Å². The number of ether oxygens (including phenoxy) is 1. The van der Waals surface area contributed by atoms with Crippen LogP contribution in [0.2, 0.25) is 10.0 Å². The Balaban J connectivity index is 1.69. The van der Waals surface area contributed by atoms with Gasteiger partial charge in [-0.3, -0.25) is 4.79 Å². The van der Waals surface area contributed by atoms with Crippen molar-refractivity contribution >= 4 is 29.1 Å². The van der Waals surface area contributed by atoms with Crippen LogP contribution in [-0.2, 0) is 11.2 Å². The molecular weight excluding hydrogens is 457 g/mol. The van der Waals surface area contributed by atoms with Crippen molar-refractivity contribution in [3.05, 3.63) is 63.6 Å². The van der Waals surface area contributed by atoms with Gasteiger partial charge >= 0.3 is 0 Å². The first-order valence-electron chi connectivity index (χ1n) is 11.6. The van der Waals surface area contributed by atoms with Crippen molar-refractivity contribution in [2.45, 2.75) is 31.7 Å². The van der Waals surface area contributed by atoms with Crippen LogP contribution in [0.5, 0.6) is 5.75 Å². The molecule has 33 heavy (non-hydrogen) atoms. The monoisotopic (exact) mass is 491 g/mol. The van der Waals surface area contributed by atoms with Crippen LogP contribution in [0.25, 0.3) is 0 Å². The molecule has 0 spiro atoms. The first-order chi connectivity index (χ1) is 15.8. The third-order valence-electron chi connectivity index (χ3n) is 6.11. The van der Waals surface area contributed by atoms with Gasteiger partial charge in [-0.15, -0.1) is 0 Å². The zero-order valence-corrected chi connectivity index (χ0v) is 21.4. The Hall–Kier alpha value is -1.79. The van der Waals surface area contributed by atoms with Crippen LogP contribution in [0.4, 0.5) is 0 Å². The fourth-order valence-corrected chi connectivity index (χ4v) is 4.46. The molecular formula is C26H35Cl2N3O2. The lowest BCUT2D eigenvalue weighted by molar-refractivity contribution is -0.131. The van der Waals surface area contributed by atoms with Crippen molar-refractivity contribution in [2.75, 3.05) is 53.9 Å². The van der Waals surface area contributed by atoms with Gasteiger partial charge in [0.2, 0.25) is 5.91 Å². The Kier molecular flexibility index (Phi) is 9.87. The van der Waals surface area contributed by atoms with E-state index in [0.717, 1.165) is 49.5 Å². The molecule has 0 radical (unpaired) electrons. The summed E-state index contributed by atoms with van der Waals surface area (Å²) in [6, 6.07) is 13.5. The smallest absolute Gasteiger partial charge is 0.227 e. The van der Waals surface area contributed by atoms with E-state index in [-0.39, 0.29) is 18.4 Å². The van der Waals surface area contributed by atoms with Crippen LogP contribution < -0.4 is 4.74 Å². The second kappa shape index (κ2) is 12.6. The Labute approximate surface area is 208 Å². The third-order valence-corrected chi connectivity index (χ3v) is 6.85. The number of carbonyl (C=O) groups is 1. The van der Waals surface area contributed by atoms with Gasteiger partial charge in [-0.05, 0) is 81.8 Å². The number of likely N-dealkylation sites (N-methyl/N-ethyl adjacent to an activating group) is 1. The van der Waals surface area contributed by atoms with Gasteiger partial charge in [0.1, 0.15) is 5.75 Å². The summed E-state index contributed by atoms with van der Waals surface area (Å²) in [5.41, 5.74) is 1.98. The summed E-state index contributed by atoms with van der Waals surface area (Å²) in [6.07, 6.45) is 3.70. The maximum Gasteiger partial charge on any atom is 0.227 e. The fourth-order valence-electron chi connectivity index (χ4n) is 4.14. The van der Waals surface area contributed by atoms with E-state index in [1.165, 1.54) is 12.8 Å². The summed E-state index contributed by atoms with van der Waals surface area (Å²) in [6.45, 7) is 4.68. The summed E-state index contributed by atoms with van der Waals surface area (Å²) < 4.78 is 5.89. The molecule has 0 bridgehead atoms. The molecule has 1 saturated heterocycles. The molecule has 1 unspecified atom stereocenters. The predicted octanol–water partition coefficient (Wildman–Crippen LogP) is 5.16. The maximum atomic E-state index is 13.2. The Bertz CT molecular complexity index is 899. The summed E-state index contributed by atoms with van der Waals surface area (Å²) >= 11 is 12.2. The normalized spacial score (nSPS) is 15.1. The molecule has 1 aliphatic heterocycles. The van der Waals surface area contributed by atoms with Gasteiger partial charge < -0.3 is 19.4 Å². The van der Waals surface area contributed by atoms with Gasteiger partial charge in [0.15, 0.2) is 0 Å². The van der Waals surface area contributed by atoms with Crippen LogP contribution in [0, 0.1) is 0 Å². The highest BCUT2D eigenvalue weighted by Crippen LogP contribution is 2.27. The lowest BCUT2D eigenvalue weighted by Gasteiger charge is -2.32. The summed E-state index contributed by atoms with van der Waals surface area (Å²) in [5, 5.41) is 0.969. The molecule has 1 amide bonds. The SMILES string of the molecule is CN(C)CCCOc1ccc(C(CN2CCCC2)N(C)C(=O)Cc2ccc(Cl)c(Cl)c2)cc1. The molecule has 180 valence electrons. The first kappa shape index (κ1) is 25.8. The van der Waals surface area contributed by atoms with Gasteiger partial charge in [-0.2, -0.15) is 0 Å². The molecule has 1 aliphatic rings.